The molecule has 2 rings (SSSR count). The lowest BCUT2D eigenvalue weighted by Gasteiger charge is -2.05. The summed E-state index contributed by atoms with van der Waals surface area (Å²) in [6.07, 6.45) is 1.73. The van der Waals surface area contributed by atoms with Crippen LogP contribution in [0.2, 0.25) is 0 Å². The van der Waals surface area contributed by atoms with Crippen molar-refractivity contribution in [2.24, 2.45) is 0 Å². The van der Waals surface area contributed by atoms with E-state index in [4.69, 9.17) is 4.74 Å². The van der Waals surface area contributed by atoms with Crippen LogP contribution >= 0.6 is 0 Å². The lowest BCUT2D eigenvalue weighted by atomic mass is 10.3. The maximum absolute atomic E-state index is 5.60. The van der Waals surface area contributed by atoms with Crippen LogP contribution in [0.15, 0.2) is 48.7 Å². The molecule has 0 aliphatic carbocycles. The fourth-order valence-electron chi connectivity index (χ4n) is 1.18. The average Bonchev–Trinajstić information content (AvgIpc) is 2.56. The summed E-state index contributed by atoms with van der Waals surface area (Å²) in [7, 11) is 0. The number of pyridine rings is 1. The Kier molecular flexibility index (Phi) is 15.6. The topological polar surface area (TPSA) is 22.1 Å². The van der Waals surface area contributed by atoms with E-state index in [-0.39, 0.29) is 0 Å². The molecule has 0 saturated carbocycles. The van der Waals surface area contributed by atoms with Crippen molar-refractivity contribution < 1.29 is 4.74 Å². The lowest BCUT2D eigenvalue weighted by molar-refractivity contribution is 0.459. The molecule has 2 nitrogen and oxygen atoms in total. The first kappa shape index (κ1) is 20.5. The number of aryl methyl sites for hydroxylation is 1. The smallest absolute Gasteiger partial charge is 0.222 e. The summed E-state index contributed by atoms with van der Waals surface area (Å²) >= 11 is 0. The summed E-state index contributed by atoms with van der Waals surface area (Å²) in [5, 5.41) is 0. The highest BCUT2D eigenvalue weighted by atomic mass is 16.5. The van der Waals surface area contributed by atoms with Crippen molar-refractivity contribution in [1.29, 1.82) is 0 Å². The van der Waals surface area contributed by atoms with Crippen LogP contribution in [-0.4, -0.2) is 4.98 Å². The van der Waals surface area contributed by atoms with Crippen LogP contribution in [-0.2, 0) is 0 Å². The Morgan fingerprint density at radius 3 is 1.80 bits per heavy atom. The first-order valence-electron chi connectivity index (χ1n) is 7.51. The molecule has 20 heavy (non-hydrogen) atoms. The maximum Gasteiger partial charge on any atom is 0.222 e. The monoisotopic (exact) mass is 275 g/mol. The number of ether oxygens (including phenoxy) is 1. The predicted octanol–water partition coefficient (Wildman–Crippen LogP) is 6.26. The summed E-state index contributed by atoms with van der Waals surface area (Å²) in [4.78, 5) is 4.15. The van der Waals surface area contributed by atoms with E-state index >= 15 is 0 Å². The van der Waals surface area contributed by atoms with Crippen LogP contribution in [0, 0.1) is 6.92 Å². The highest BCUT2D eigenvalue weighted by Crippen LogP contribution is 2.21. The standard InChI is InChI=1S/C12H11NO.3C2H6/c1-10-6-5-9-13-12(10)14-11-7-3-2-4-8-11;3*1-2/h2-9H,1H3;3*1-2H3. The Hall–Kier alpha value is -1.83. The number of hydrogen-bond donors (Lipinski definition) is 0. The third-order valence-electron chi connectivity index (χ3n) is 1.92. The lowest BCUT2D eigenvalue weighted by Crippen LogP contribution is -1.89. The molecule has 0 atom stereocenters. The van der Waals surface area contributed by atoms with Crippen LogP contribution in [0.3, 0.4) is 0 Å². The second kappa shape index (κ2) is 15.2. The quantitative estimate of drug-likeness (QED) is 0.645. The Labute approximate surface area is 124 Å². The van der Waals surface area contributed by atoms with Gasteiger partial charge in [0.25, 0.3) is 0 Å². The fourth-order valence-corrected chi connectivity index (χ4v) is 1.18. The summed E-state index contributed by atoms with van der Waals surface area (Å²) in [5.41, 5.74) is 1.04. The molecule has 0 N–H and O–H groups in total. The van der Waals surface area contributed by atoms with Crippen molar-refractivity contribution in [1.82, 2.24) is 4.98 Å². The molecule has 0 aliphatic heterocycles. The van der Waals surface area contributed by atoms with Gasteiger partial charge in [0.2, 0.25) is 5.88 Å². The van der Waals surface area contributed by atoms with E-state index in [1.54, 1.807) is 6.20 Å². The molecule has 0 amide bonds. The van der Waals surface area contributed by atoms with Crippen molar-refractivity contribution in [2.75, 3.05) is 0 Å². The SMILES string of the molecule is CC.CC.CC.Cc1cccnc1Oc1ccccc1. The van der Waals surface area contributed by atoms with E-state index in [1.807, 2.05) is 90.9 Å². The molecule has 2 heteroatoms. The van der Waals surface area contributed by atoms with Gasteiger partial charge in [-0.25, -0.2) is 4.98 Å². The normalized spacial score (nSPS) is 7.75. The van der Waals surface area contributed by atoms with Gasteiger partial charge in [-0.1, -0.05) is 65.8 Å². The van der Waals surface area contributed by atoms with Crippen LogP contribution in [0.4, 0.5) is 0 Å². The van der Waals surface area contributed by atoms with Gasteiger partial charge in [-0.3, -0.25) is 0 Å². The Morgan fingerprint density at radius 1 is 0.750 bits per heavy atom. The van der Waals surface area contributed by atoms with Gasteiger partial charge in [0.15, 0.2) is 0 Å². The summed E-state index contributed by atoms with van der Waals surface area (Å²) in [5.74, 6) is 1.48. The highest BCUT2D eigenvalue weighted by Gasteiger charge is 1.99. The zero-order valence-corrected chi connectivity index (χ0v) is 14.0. The van der Waals surface area contributed by atoms with Gasteiger partial charge in [0, 0.05) is 11.8 Å². The molecule has 0 radical (unpaired) electrons. The first-order valence-corrected chi connectivity index (χ1v) is 7.51. The third-order valence-corrected chi connectivity index (χ3v) is 1.92. The Bertz CT molecular complexity index is 413. The van der Waals surface area contributed by atoms with Gasteiger partial charge in [-0.2, -0.15) is 0 Å². The first-order chi connectivity index (χ1) is 9.86. The summed E-state index contributed by atoms with van der Waals surface area (Å²) in [6, 6.07) is 13.5. The van der Waals surface area contributed by atoms with E-state index in [2.05, 4.69) is 4.98 Å². The molecule has 1 heterocycles. The molecule has 0 fully saturated rings. The molecular formula is C18H29NO. The molecule has 0 spiro atoms. The van der Waals surface area contributed by atoms with E-state index in [1.165, 1.54) is 0 Å². The van der Waals surface area contributed by atoms with Crippen molar-refractivity contribution in [3.8, 4) is 11.6 Å². The third kappa shape index (κ3) is 8.30. The number of hydrogen-bond acceptors (Lipinski definition) is 2. The van der Waals surface area contributed by atoms with E-state index in [9.17, 15) is 0 Å². The van der Waals surface area contributed by atoms with E-state index in [0.29, 0.717) is 5.88 Å². The molecule has 2 aromatic rings. The van der Waals surface area contributed by atoms with Gasteiger partial charge < -0.3 is 4.74 Å². The molecule has 0 unspecified atom stereocenters. The summed E-state index contributed by atoms with van der Waals surface area (Å²) in [6.45, 7) is 14.0. The van der Waals surface area contributed by atoms with Gasteiger partial charge in [-0.15, -0.1) is 0 Å². The second-order valence-electron chi connectivity index (χ2n) is 3.04. The van der Waals surface area contributed by atoms with E-state index < -0.39 is 0 Å². The van der Waals surface area contributed by atoms with Crippen molar-refractivity contribution in [3.05, 3.63) is 54.2 Å². The zero-order valence-electron chi connectivity index (χ0n) is 14.0. The van der Waals surface area contributed by atoms with Crippen LogP contribution in [0.25, 0.3) is 0 Å². The van der Waals surface area contributed by atoms with Gasteiger partial charge >= 0.3 is 0 Å². The minimum Gasteiger partial charge on any atom is -0.439 e. The Morgan fingerprint density at radius 2 is 1.30 bits per heavy atom. The maximum atomic E-state index is 5.60. The average molecular weight is 275 g/mol. The molecule has 0 saturated heterocycles. The molecular weight excluding hydrogens is 246 g/mol. The predicted molar refractivity (Wildman–Crippen MR) is 89.5 cm³/mol. The van der Waals surface area contributed by atoms with E-state index in [0.717, 1.165) is 11.3 Å². The van der Waals surface area contributed by atoms with Crippen LogP contribution in [0.5, 0.6) is 11.6 Å². The number of aromatic nitrogens is 1. The van der Waals surface area contributed by atoms with Crippen LogP contribution < -0.4 is 4.74 Å². The minimum absolute atomic E-state index is 0.665. The molecule has 1 aromatic heterocycles. The largest absolute Gasteiger partial charge is 0.439 e. The van der Waals surface area contributed by atoms with Gasteiger partial charge in [0.05, 0.1) is 0 Å². The zero-order chi connectivity index (χ0) is 15.8. The molecule has 1 aromatic carbocycles. The van der Waals surface area contributed by atoms with Crippen molar-refractivity contribution >= 4 is 0 Å². The van der Waals surface area contributed by atoms with Gasteiger partial charge in [0.1, 0.15) is 5.75 Å². The minimum atomic E-state index is 0.665. The number of benzene rings is 1. The number of rotatable bonds is 2. The number of nitrogens with zero attached hydrogens (tertiary/aromatic N) is 1. The van der Waals surface area contributed by atoms with Crippen molar-refractivity contribution in [3.63, 3.8) is 0 Å². The van der Waals surface area contributed by atoms with Crippen molar-refractivity contribution in [2.45, 2.75) is 48.5 Å². The molecule has 112 valence electrons. The Balaban J connectivity index is 0. The molecule has 0 bridgehead atoms. The fraction of sp³-hybridized carbons (Fsp3) is 0.389. The summed E-state index contributed by atoms with van der Waals surface area (Å²) < 4.78 is 5.60. The molecule has 0 aliphatic rings. The highest BCUT2D eigenvalue weighted by molar-refractivity contribution is 5.30. The van der Waals surface area contributed by atoms with Gasteiger partial charge in [-0.05, 0) is 25.1 Å². The van der Waals surface area contributed by atoms with Crippen LogP contribution in [0.1, 0.15) is 47.1 Å². The second-order valence-corrected chi connectivity index (χ2v) is 3.04. The number of para-hydroxylation sites is 1.